The predicted molar refractivity (Wildman–Crippen MR) is 91.1 cm³/mol. The molecule has 0 aromatic heterocycles. The van der Waals surface area contributed by atoms with Crippen molar-refractivity contribution in [3.63, 3.8) is 0 Å². The zero-order valence-corrected chi connectivity index (χ0v) is 14.4. The minimum Gasteiger partial charge on any atom is -0.392 e. The molecule has 1 aliphatic carbocycles. The SMILES string of the molecule is CCC1(C)CCN(C(=O)C2(C(N)=S)CCCCCC2)CC1. The van der Waals surface area contributed by atoms with Crippen LogP contribution in [0.1, 0.15) is 71.6 Å². The van der Waals surface area contributed by atoms with Gasteiger partial charge in [-0.25, -0.2) is 0 Å². The maximum atomic E-state index is 13.1. The van der Waals surface area contributed by atoms with Crippen LogP contribution in [0.2, 0.25) is 0 Å². The molecule has 1 aliphatic heterocycles. The first-order chi connectivity index (χ1) is 9.93. The van der Waals surface area contributed by atoms with Gasteiger partial charge in [0.25, 0.3) is 0 Å². The molecule has 0 spiro atoms. The number of amides is 1. The van der Waals surface area contributed by atoms with E-state index >= 15 is 0 Å². The molecular weight excluding hydrogens is 280 g/mol. The third-order valence-corrected chi connectivity index (χ3v) is 6.34. The summed E-state index contributed by atoms with van der Waals surface area (Å²) in [6, 6.07) is 0. The van der Waals surface area contributed by atoms with Gasteiger partial charge in [0.2, 0.25) is 5.91 Å². The molecule has 2 rings (SSSR count). The highest BCUT2D eigenvalue weighted by molar-refractivity contribution is 7.80. The quantitative estimate of drug-likeness (QED) is 0.639. The molecule has 0 aromatic rings. The molecule has 120 valence electrons. The molecule has 1 saturated heterocycles. The van der Waals surface area contributed by atoms with E-state index in [1.807, 2.05) is 4.90 Å². The summed E-state index contributed by atoms with van der Waals surface area (Å²) in [5.41, 5.74) is 5.89. The Balaban J connectivity index is 2.11. The Hall–Kier alpha value is -0.640. The minimum absolute atomic E-state index is 0.218. The van der Waals surface area contributed by atoms with Crippen LogP contribution in [0.15, 0.2) is 0 Å². The van der Waals surface area contributed by atoms with Crippen molar-refractivity contribution in [2.75, 3.05) is 13.1 Å². The Morgan fingerprint density at radius 1 is 1.10 bits per heavy atom. The largest absolute Gasteiger partial charge is 0.392 e. The summed E-state index contributed by atoms with van der Waals surface area (Å²) in [5.74, 6) is 0.218. The lowest BCUT2D eigenvalue weighted by molar-refractivity contribution is -0.141. The van der Waals surface area contributed by atoms with Crippen LogP contribution < -0.4 is 5.73 Å². The predicted octanol–water partition coefficient (Wildman–Crippen LogP) is 3.65. The van der Waals surface area contributed by atoms with E-state index < -0.39 is 5.41 Å². The van der Waals surface area contributed by atoms with Gasteiger partial charge in [0.15, 0.2) is 0 Å². The number of thiocarbonyl (C=S) groups is 1. The summed E-state index contributed by atoms with van der Waals surface area (Å²) in [4.78, 5) is 15.6. The van der Waals surface area contributed by atoms with Gasteiger partial charge in [-0.1, -0.05) is 58.2 Å². The van der Waals surface area contributed by atoms with E-state index in [4.69, 9.17) is 18.0 Å². The van der Waals surface area contributed by atoms with E-state index in [1.54, 1.807) is 0 Å². The van der Waals surface area contributed by atoms with E-state index in [2.05, 4.69) is 13.8 Å². The molecule has 0 aromatic carbocycles. The van der Waals surface area contributed by atoms with E-state index in [1.165, 1.54) is 19.3 Å². The van der Waals surface area contributed by atoms with Crippen LogP contribution >= 0.6 is 12.2 Å². The molecule has 21 heavy (non-hydrogen) atoms. The van der Waals surface area contributed by atoms with Crippen LogP contribution in [0.4, 0.5) is 0 Å². The van der Waals surface area contributed by atoms with Gasteiger partial charge in [-0.3, -0.25) is 4.79 Å². The smallest absolute Gasteiger partial charge is 0.235 e. The minimum atomic E-state index is -0.550. The number of carbonyl (C=O) groups is 1. The zero-order chi connectivity index (χ0) is 15.5. The molecule has 2 N–H and O–H groups in total. The highest BCUT2D eigenvalue weighted by Crippen LogP contribution is 2.40. The van der Waals surface area contributed by atoms with E-state index in [0.29, 0.717) is 10.4 Å². The fourth-order valence-corrected chi connectivity index (χ4v) is 4.10. The molecule has 2 fully saturated rings. The standard InChI is InChI=1S/C17H30N2OS/c1-3-16(2)10-12-19(13-11-16)15(20)17(14(18)21)8-6-4-5-7-9-17/h3-13H2,1-2H3,(H2,18,21). The fraction of sp³-hybridized carbons (Fsp3) is 0.882. The monoisotopic (exact) mass is 310 g/mol. The van der Waals surface area contributed by atoms with E-state index in [-0.39, 0.29) is 5.91 Å². The van der Waals surface area contributed by atoms with Crippen LogP contribution in [-0.4, -0.2) is 28.9 Å². The van der Waals surface area contributed by atoms with Gasteiger partial charge in [-0.05, 0) is 31.1 Å². The summed E-state index contributed by atoms with van der Waals surface area (Å²) in [5, 5.41) is 0. The number of rotatable bonds is 3. The number of likely N-dealkylation sites (tertiary alicyclic amines) is 1. The highest BCUT2D eigenvalue weighted by Gasteiger charge is 2.45. The molecule has 1 saturated carbocycles. The maximum Gasteiger partial charge on any atom is 0.235 e. The lowest BCUT2D eigenvalue weighted by atomic mass is 9.75. The Morgan fingerprint density at radius 2 is 1.62 bits per heavy atom. The fourth-order valence-electron chi connectivity index (χ4n) is 3.80. The molecule has 0 bridgehead atoms. The van der Waals surface area contributed by atoms with E-state index in [9.17, 15) is 4.79 Å². The molecule has 2 aliphatic rings. The Labute approximate surface area is 134 Å². The van der Waals surface area contributed by atoms with Crippen LogP contribution in [0.5, 0.6) is 0 Å². The van der Waals surface area contributed by atoms with Crippen molar-refractivity contribution < 1.29 is 4.79 Å². The number of nitrogens with two attached hydrogens (primary N) is 1. The summed E-state index contributed by atoms with van der Waals surface area (Å²) < 4.78 is 0. The van der Waals surface area contributed by atoms with Crippen molar-refractivity contribution in [1.29, 1.82) is 0 Å². The van der Waals surface area contributed by atoms with E-state index in [0.717, 1.165) is 51.6 Å². The first-order valence-electron chi connectivity index (χ1n) is 8.53. The van der Waals surface area contributed by atoms with Gasteiger partial charge in [0.05, 0.1) is 10.4 Å². The molecule has 3 nitrogen and oxygen atoms in total. The second-order valence-electron chi connectivity index (χ2n) is 7.32. The van der Waals surface area contributed by atoms with Gasteiger partial charge >= 0.3 is 0 Å². The van der Waals surface area contributed by atoms with Crippen LogP contribution in [0.3, 0.4) is 0 Å². The molecular formula is C17H30N2OS. The van der Waals surface area contributed by atoms with Crippen LogP contribution in [0, 0.1) is 10.8 Å². The van der Waals surface area contributed by atoms with Crippen molar-refractivity contribution in [3.8, 4) is 0 Å². The zero-order valence-electron chi connectivity index (χ0n) is 13.6. The van der Waals surface area contributed by atoms with Crippen molar-refractivity contribution >= 4 is 23.1 Å². The van der Waals surface area contributed by atoms with Crippen LogP contribution in [-0.2, 0) is 4.79 Å². The summed E-state index contributed by atoms with van der Waals surface area (Å²) >= 11 is 5.33. The maximum absolute atomic E-state index is 13.1. The Bertz CT molecular complexity index is 392. The number of nitrogens with zero attached hydrogens (tertiary/aromatic N) is 1. The van der Waals surface area contributed by atoms with Gasteiger partial charge in [0, 0.05) is 13.1 Å². The molecule has 1 amide bonds. The summed E-state index contributed by atoms with van der Waals surface area (Å²) in [6.45, 7) is 6.32. The lowest BCUT2D eigenvalue weighted by Gasteiger charge is -2.43. The van der Waals surface area contributed by atoms with Crippen molar-refractivity contribution in [2.24, 2.45) is 16.6 Å². The molecule has 0 radical (unpaired) electrons. The number of hydrogen-bond donors (Lipinski definition) is 1. The summed E-state index contributed by atoms with van der Waals surface area (Å²) in [7, 11) is 0. The van der Waals surface area contributed by atoms with Crippen molar-refractivity contribution in [1.82, 2.24) is 4.90 Å². The number of piperidine rings is 1. The van der Waals surface area contributed by atoms with Gasteiger partial charge < -0.3 is 10.6 Å². The Kier molecular flexibility index (Phi) is 5.29. The van der Waals surface area contributed by atoms with Gasteiger partial charge in [0.1, 0.15) is 0 Å². The Morgan fingerprint density at radius 3 is 2.05 bits per heavy atom. The highest BCUT2D eigenvalue weighted by atomic mass is 32.1. The average molecular weight is 311 g/mol. The normalized spacial score (nSPS) is 25.1. The first kappa shape index (κ1) is 16.7. The van der Waals surface area contributed by atoms with Gasteiger partial charge in [-0.15, -0.1) is 0 Å². The number of carbonyl (C=O) groups excluding carboxylic acids is 1. The first-order valence-corrected chi connectivity index (χ1v) is 8.94. The number of hydrogen-bond acceptors (Lipinski definition) is 2. The van der Waals surface area contributed by atoms with Crippen LogP contribution in [0.25, 0.3) is 0 Å². The second-order valence-corrected chi connectivity index (χ2v) is 7.76. The molecule has 0 unspecified atom stereocenters. The molecule has 0 atom stereocenters. The lowest BCUT2D eigenvalue weighted by Crippen LogP contribution is -2.53. The second kappa shape index (κ2) is 6.64. The topological polar surface area (TPSA) is 46.3 Å². The third-order valence-electron chi connectivity index (χ3n) is 5.95. The van der Waals surface area contributed by atoms with Gasteiger partial charge in [-0.2, -0.15) is 0 Å². The molecule has 1 heterocycles. The van der Waals surface area contributed by atoms with Crippen molar-refractivity contribution in [3.05, 3.63) is 0 Å². The average Bonchev–Trinajstić information content (AvgIpc) is 2.74. The summed E-state index contributed by atoms with van der Waals surface area (Å²) in [6.07, 6.45) is 9.64. The third kappa shape index (κ3) is 3.41. The molecule has 4 heteroatoms. The van der Waals surface area contributed by atoms with Crippen molar-refractivity contribution in [2.45, 2.75) is 71.6 Å².